The number of carbonyl (C=O) groups excluding carboxylic acids is 2. The van der Waals surface area contributed by atoms with Crippen LogP contribution in [-0.4, -0.2) is 37.6 Å². The Labute approximate surface area is 137 Å². The lowest BCUT2D eigenvalue weighted by atomic mass is 9.99. The number of amides is 1. The fourth-order valence-electron chi connectivity index (χ4n) is 2.50. The molecule has 1 aliphatic heterocycles. The summed E-state index contributed by atoms with van der Waals surface area (Å²) in [5, 5.41) is 6.01. The van der Waals surface area contributed by atoms with Gasteiger partial charge in [0.05, 0.1) is 18.6 Å². The van der Waals surface area contributed by atoms with Crippen molar-refractivity contribution < 1.29 is 14.3 Å². The van der Waals surface area contributed by atoms with Crippen LogP contribution in [0.15, 0.2) is 30.3 Å². The molecular weight excluding hydrogens is 304 g/mol. The number of halogens is 1. The maximum atomic E-state index is 12.1. The monoisotopic (exact) mass is 326 g/mol. The first-order chi connectivity index (χ1) is 10.2. The Morgan fingerprint density at radius 3 is 2.68 bits per heavy atom. The number of hydrogen-bond acceptors (Lipinski definition) is 4. The first-order valence-corrected chi connectivity index (χ1v) is 7.45. The van der Waals surface area contributed by atoms with Gasteiger partial charge < -0.3 is 15.4 Å². The average Bonchev–Trinajstić information content (AvgIpc) is 3.03. The number of nitrogens with one attached hydrogen (secondary N) is 2. The van der Waals surface area contributed by atoms with Crippen molar-refractivity contribution in [2.45, 2.75) is 31.7 Å². The summed E-state index contributed by atoms with van der Waals surface area (Å²) in [7, 11) is 0. The molecule has 2 unspecified atom stereocenters. The minimum atomic E-state index is -0.462. The van der Waals surface area contributed by atoms with Gasteiger partial charge in [0.1, 0.15) is 0 Å². The van der Waals surface area contributed by atoms with Gasteiger partial charge in [0.15, 0.2) is 0 Å². The summed E-state index contributed by atoms with van der Waals surface area (Å²) in [4.78, 5) is 24.1. The minimum Gasteiger partial charge on any atom is -0.465 e. The van der Waals surface area contributed by atoms with E-state index in [-0.39, 0.29) is 36.9 Å². The lowest BCUT2D eigenvalue weighted by Crippen LogP contribution is -2.43. The zero-order valence-corrected chi connectivity index (χ0v) is 13.5. The quantitative estimate of drug-likeness (QED) is 0.780. The maximum absolute atomic E-state index is 12.1. The lowest BCUT2D eigenvalue weighted by molar-refractivity contribution is -0.144. The van der Waals surface area contributed by atoms with Crippen molar-refractivity contribution in [3.63, 3.8) is 0 Å². The Balaban J connectivity index is 0.00000242. The van der Waals surface area contributed by atoms with E-state index < -0.39 is 5.92 Å². The van der Waals surface area contributed by atoms with E-state index in [1.165, 1.54) is 0 Å². The van der Waals surface area contributed by atoms with Crippen LogP contribution in [-0.2, 0) is 14.3 Å². The fourth-order valence-corrected chi connectivity index (χ4v) is 2.50. The van der Waals surface area contributed by atoms with E-state index in [2.05, 4.69) is 10.6 Å². The predicted octanol–water partition coefficient (Wildman–Crippen LogP) is 1.62. The summed E-state index contributed by atoms with van der Waals surface area (Å²) < 4.78 is 5.11. The third-order valence-corrected chi connectivity index (χ3v) is 3.63. The highest BCUT2D eigenvalue weighted by Crippen LogP contribution is 2.17. The van der Waals surface area contributed by atoms with Gasteiger partial charge in [-0.2, -0.15) is 0 Å². The van der Waals surface area contributed by atoms with E-state index in [1.807, 2.05) is 30.3 Å². The van der Waals surface area contributed by atoms with Crippen molar-refractivity contribution in [3.8, 4) is 0 Å². The van der Waals surface area contributed by atoms with Crippen molar-refractivity contribution in [1.29, 1.82) is 0 Å². The predicted molar refractivity (Wildman–Crippen MR) is 87.1 cm³/mol. The Morgan fingerprint density at radius 1 is 1.36 bits per heavy atom. The van der Waals surface area contributed by atoms with E-state index in [9.17, 15) is 9.59 Å². The highest BCUT2D eigenvalue weighted by atomic mass is 35.5. The molecular formula is C16H23ClN2O3. The van der Waals surface area contributed by atoms with Gasteiger partial charge in [-0.1, -0.05) is 30.3 Å². The van der Waals surface area contributed by atoms with Crippen LogP contribution in [0, 0.1) is 0 Å². The van der Waals surface area contributed by atoms with Crippen LogP contribution >= 0.6 is 12.4 Å². The molecule has 0 saturated carbocycles. The molecule has 0 radical (unpaired) electrons. The molecule has 1 heterocycles. The molecule has 0 bridgehead atoms. The van der Waals surface area contributed by atoms with Gasteiger partial charge in [-0.25, -0.2) is 0 Å². The smallest absolute Gasteiger partial charge is 0.315 e. The van der Waals surface area contributed by atoms with Crippen LogP contribution in [0.4, 0.5) is 0 Å². The van der Waals surface area contributed by atoms with Gasteiger partial charge in [-0.05, 0) is 31.9 Å². The molecule has 1 amide bonds. The van der Waals surface area contributed by atoms with E-state index in [1.54, 1.807) is 6.92 Å². The Hall–Kier alpha value is -1.59. The normalized spacial score (nSPS) is 18.1. The molecule has 2 atom stereocenters. The van der Waals surface area contributed by atoms with Crippen LogP contribution < -0.4 is 10.6 Å². The molecule has 1 aromatic carbocycles. The minimum absolute atomic E-state index is 0. The van der Waals surface area contributed by atoms with Crippen molar-refractivity contribution in [1.82, 2.24) is 10.6 Å². The molecule has 2 N–H and O–H groups in total. The van der Waals surface area contributed by atoms with Gasteiger partial charge in [0.2, 0.25) is 5.91 Å². The number of carbonyl (C=O) groups is 2. The molecule has 0 aromatic heterocycles. The molecule has 6 heteroatoms. The summed E-state index contributed by atoms with van der Waals surface area (Å²) in [5.74, 6) is -0.808. The Bertz CT molecular complexity index is 476. The highest BCUT2D eigenvalue weighted by Gasteiger charge is 2.26. The molecule has 22 heavy (non-hydrogen) atoms. The van der Waals surface area contributed by atoms with Crippen LogP contribution in [0.25, 0.3) is 0 Å². The van der Waals surface area contributed by atoms with Crippen LogP contribution in [0.3, 0.4) is 0 Å². The molecule has 2 rings (SSSR count). The number of ether oxygens (including phenoxy) is 1. The summed E-state index contributed by atoms with van der Waals surface area (Å²) >= 11 is 0. The molecule has 1 aliphatic rings. The summed E-state index contributed by atoms with van der Waals surface area (Å²) in [6, 6.07) is 9.27. The van der Waals surface area contributed by atoms with Gasteiger partial charge in [0.25, 0.3) is 0 Å². The van der Waals surface area contributed by atoms with E-state index in [4.69, 9.17) is 4.74 Å². The standard InChI is InChI=1S/C16H22N2O3.ClH/c1-2-21-16(20)13(12-7-4-3-5-8-12)11-18-15(19)14-9-6-10-17-14;/h3-5,7-8,13-14,17H,2,6,9-11H2,1H3,(H,18,19);1H. The summed E-state index contributed by atoms with van der Waals surface area (Å²) in [5.41, 5.74) is 0.857. The fraction of sp³-hybridized carbons (Fsp3) is 0.500. The number of rotatable bonds is 6. The van der Waals surface area contributed by atoms with Crippen molar-refractivity contribution in [2.75, 3.05) is 19.7 Å². The van der Waals surface area contributed by atoms with Crippen molar-refractivity contribution in [2.24, 2.45) is 0 Å². The van der Waals surface area contributed by atoms with Crippen molar-refractivity contribution >= 4 is 24.3 Å². The third-order valence-electron chi connectivity index (χ3n) is 3.63. The SMILES string of the molecule is CCOC(=O)C(CNC(=O)C1CCCN1)c1ccccc1.Cl. The first-order valence-electron chi connectivity index (χ1n) is 7.45. The number of hydrogen-bond donors (Lipinski definition) is 2. The molecule has 5 nitrogen and oxygen atoms in total. The second-order valence-corrected chi connectivity index (χ2v) is 5.11. The molecule has 0 spiro atoms. The Kier molecular flexibility index (Phi) is 7.91. The number of benzene rings is 1. The van der Waals surface area contributed by atoms with Crippen LogP contribution in [0.2, 0.25) is 0 Å². The Morgan fingerprint density at radius 2 is 2.09 bits per heavy atom. The molecule has 0 aliphatic carbocycles. The van der Waals surface area contributed by atoms with E-state index in [0.717, 1.165) is 24.9 Å². The number of esters is 1. The van der Waals surface area contributed by atoms with Crippen LogP contribution in [0.5, 0.6) is 0 Å². The maximum Gasteiger partial charge on any atom is 0.315 e. The summed E-state index contributed by atoms with van der Waals surface area (Å²) in [6.07, 6.45) is 1.86. The lowest BCUT2D eigenvalue weighted by Gasteiger charge is -2.18. The van der Waals surface area contributed by atoms with Crippen LogP contribution in [0.1, 0.15) is 31.2 Å². The van der Waals surface area contributed by atoms with E-state index in [0.29, 0.717) is 6.61 Å². The highest BCUT2D eigenvalue weighted by molar-refractivity contribution is 5.85. The second-order valence-electron chi connectivity index (χ2n) is 5.11. The van der Waals surface area contributed by atoms with Gasteiger partial charge in [-0.3, -0.25) is 9.59 Å². The molecule has 122 valence electrons. The third kappa shape index (κ3) is 5.00. The molecule has 1 aromatic rings. The summed E-state index contributed by atoms with van der Waals surface area (Å²) in [6.45, 7) is 3.25. The zero-order valence-electron chi connectivity index (χ0n) is 12.7. The van der Waals surface area contributed by atoms with Gasteiger partial charge >= 0.3 is 5.97 Å². The molecule has 1 fully saturated rings. The van der Waals surface area contributed by atoms with E-state index >= 15 is 0 Å². The zero-order chi connectivity index (χ0) is 15.1. The van der Waals surface area contributed by atoms with Gasteiger partial charge in [0, 0.05) is 6.54 Å². The first kappa shape index (κ1) is 18.5. The second kappa shape index (κ2) is 9.43. The van der Waals surface area contributed by atoms with Crippen molar-refractivity contribution in [3.05, 3.63) is 35.9 Å². The molecule has 1 saturated heterocycles. The topological polar surface area (TPSA) is 67.4 Å². The van der Waals surface area contributed by atoms with Gasteiger partial charge in [-0.15, -0.1) is 12.4 Å². The average molecular weight is 327 g/mol. The largest absolute Gasteiger partial charge is 0.465 e.